The summed E-state index contributed by atoms with van der Waals surface area (Å²) in [5, 5.41) is 0. The molecule has 11 rings (SSSR count). The van der Waals surface area contributed by atoms with Gasteiger partial charge < -0.3 is 9.80 Å². The summed E-state index contributed by atoms with van der Waals surface area (Å²) in [5.74, 6) is 0.351. The van der Waals surface area contributed by atoms with Crippen molar-refractivity contribution in [2.24, 2.45) is 0 Å². The molecule has 0 fully saturated rings. The lowest BCUT2D eigenvalue weighted by molar-refractivity contribution is 1.21. The summed E-state index contributed by atoms with van der Waals surface area (Å²) in [6.07, 6.45) is 0. The second kappa shape index (κ2) is 11.0. The summed E-state index contributed by atoms with van der Waals surface area (Å²) < 4.78 is 0. The SMILES string of the molecule is Cc1cc2c3c(c1)N(c1ccccc1)c1c(cc4c(c1C)N(c1ccccc1)c1cc(C)cc5c1B4Sc1ccccc1-5)B3Sc1ccccc1-2. The lowest BCUT2D eigenvalue weighted by Gasteiger charge is -2.45. The van der Waals surface area contributed by atoms with E-state index < -0.39 is 0 Å². The van der Waals surface area contributed by atoms with Crippen molar-refractivity contribution < 1.29 is 0 Å². The summed E-state index contributed by atoms with van der Waals surface area (Å²) >= 11 is 4.04. The first-order valence-electron chi connectivity index (χ1n) is 17.7. The summed E-state index contributed by atoms with van der Waals surface area (Å²) in [7, 11) is 0. The Kier molecular flexibility index (Phi) is 6.39. The van der Waals surface area contributed by atoms with Crippen LogP contribution in [0.3, 0.4) is 0 Å². The van der Waals surface area contributed by atoms with Crippen LogP contribution in [0.2, 0.25) is 0 Å². The van der Waals surface area contributed by atoms with Crippen LogP contribution >= 0.6 is 23.2 Å². The highest BCUT2D eigenvalue weighted by Crippen LogP contribution is 2.52. The van der Waals surface area contributed by atoms with Crippen LogP contribution in [0.15, 0.2) is 149 Å². The third-order valence-electron chi connectivity index (χ3n) is 11.1. The van der Waals surface area contributed by atoms with E-state index in [1.165, 1.54) is 105 Å². The first-order valence-corrected chi connectivity index (χ1v) is 19.5. The van der Waals surface area contributed by atoms with Gasteiger partial charge in [0.25, 0.3) is 12.0 Å². The maximum Gasteiger partial charge on any atom is 0.285 e. The zero-order chi connectivity index (χ0) is 34.0. The van der Waals surface area contributed by atoms with Crippen LogP contribution in [0.5, 0.6) is 0 Å². The molecule has 0 bridgehead atoms. The van der Waals surface area contributed by atoms with Crippen molar-refractivity contribution in [1.82, 2.24) is 0 Å². The number of fused-ring (bicyclic) bond motifs is 8. The fourth-order valence-corrected chi connectivity index (χ4v) is 11.9. The van der Waals surface area contributed by atoms with E-state index >= 15 is 0 Å². The van der Waals surface area contributed by atoms with Crippen LogP contribution in [0, 0.1) is 20.8 Å². The van der Waals surface area contributed by atoms with Crippen molar-refractivity contribution in [3.8, 4) is 22.3 Å². The van der Waals surface area contributed by atoms with Crippen molar-refractivity contribution in [1.29, 1.82) is 0 Å². The van der Waals surface area contributed by atoms with E-state index in [4.69, 9.17) is 0 Å². The Balaban J connectivity index is 1.27. The van der Waals surface area contributed by atoms with Gasteiger partial charge in [0.1, 0.15) is 0 Å². The predicted molar refractivity (Wildman–Crippen MR) is 223 cm³/mol. The molecule has 2 nitrogen and oxygen atoms in total. The van der Waals surface area contributed by atoms with Crippen molar-refractivity contribution in [3.63, 3.8) is 0 Å². The van der Waals surface area contributed by atoms with E-state index in [1.54, 1.807) is 0 Å². The minimum atomic E-state index is 0.175. The summed E-state index contributed by atoms with van der Waals surface area (Å²) in [6, 6.07) is 52.3. The first-order chi connectivity index (χ1) is 25.0. The van der Waals surface area contributed by atoms with Gasteiger partial charge in [-0.1, -0.05) is 91.0 Å². The molecule has 240 valence electrons. The number of hydrogen-bond donors (Lipinski definition) is 0. The van der Waals surface area contributed by atoms with Gasteiger partial charge in [-0.2, -0.15) is 23.2 Å². The number of para-hydroxylation sites is 2. The van der Waals surface area contributed by atoms with Crippen LogP contribution in [0.25, 0.3) is 22.3 Å². The molecule has 4 heterocycles. The molecule has 4 aliphatic heterocycles. The van der Waals surface area contributed by atoms with E-state index in [2.05, 4.69) is 170 Å². The molecule has 0 saturated heterocycles. The minimum absolute atomic E-state index is 0.175. The van der Waals surface area contributed by atoms with Crippen LogP contribution < -0.4 is 31.7 Å². The van der Waals surface area contributed by atoms with Crippen molar-refractivity contribution in [3.05, 3.63) is 156 Å². The normalized spacial score (nSPS) is 14.3. The molecular weight excluding hydrogens is 654 g/mol. The van der Waals surface area contributed by atoms with Crippen molar-refractivity contribution in [2.75, 3.05) is 9.80 Å². The molecule has 0 unspecified atom stereocenters. The molecule has 0 N–H and O–H groups in total. The topological polar surface area (TPSA) is 6.48 Å². The molecule has 0 atom stereocenters. The van der Waals surface area contributed by atoms with Crippen LogP contribution in [-0.2, 0) is 0 Å². The average Bonchev–Trinajstić information content (AvgIpc) is 3.16. The number of aryl methyl sites for hydroxylation is 2. The lowest BCUT2D eigenvalue weighted by atomic mass is 9.50. The lowest BCUT2D eigenvalue weighted by Crippen LogP contribution is -2.56. The van der Waals surface area contributed by atoms with E-state index in [0.29, 0.717) is 0 Å². The van der Waals surface area contributed by atoms with Gasteiger partial charge in [0.15, 0.2) is 0 Å². The average molecular weight is 687 g/mol. The van der Waals surface area contributed by atoms with Gasteiger partial charge >= 0.3 is 0 Å². The van der Waals surface area contributed by atoms with Gasteiger partial charge in [0, 0.05) is 43.9 Å². The molecule has 0 saturated carbocycles. The second-order valence-electron chi connectivity index (χ2n) is 14.2. The van der Waals surface area contributed by atoms with E-state index in [-0.39, 0.29) is 12.0 Å². The molecule has 51 heavy (non-hydrogen) atoms. The zero-order valence-corrected chi connectivity index (χ0v) is 30.3. The summed E-state index contributed by atoms with van der Waals surface area (Å²) in [6.45, 7) is 6.89. The highest BCUT2D eigenvalue weighted by Gasteiger charge is 2.46. The fraction of sp³-hybridized carbons (Fsp3) is 0.0667. The number of anilines is 6. The maximum atomic E-state index is 2.61. The number of nitrogens with zero attached hydrogens (tertiary/aromatic N) is 2. The van der Waals surface area contributed by atoms with Crippen LogP contribution in [0.1, 0.15) is 16.7 Å². The molecule has 7 aromatic carbocycles. The maximum absolute atomic E-state index is 2.61. The van der Waals surface area contributed by atoms with Gasteiger partial charge in [-0.05, 0) is 130 Å². The van der Waals surface area contributed by atoms with E-state index in [9.17, 15) is 0 Å². The zero-order valence-electron chi connectivity index (χ0n) is 28.6. The Morgan fingerprint density at radius 2 is 0.843 bits per heavy atom. The molecule has 0 spiro atoms. The van der Waals surface area contributed by atoms with Crippen LogP contribution in [0.4, 0.5) is 34.1 Å². The monoisotopic (exact) mass is 686 g/mol. The minimum Gasteiger partial charge on any atom is -0.311 e. The molecule has 0 aliphatic carbocycles. The van der Waals surface area contributed by atoms with E-state index in [0.717, 1.165) is 0 Å². The third-order valence-corrected chi connectivity index (χ3v) is 13.7. The van der Waals surface area contributed by atoms with Crippen molar-refractivity contribution in [2.45, 2.75) is 30.6 Å². The van der Waals surface area contributed by atoms with Crippen molar-refractivity contribution >= 4 is 91.2 Å². The summed E-state index contributed by atoms with van der Waals surface area (Å²) in [4.78, 5) is 7.86. The first kappa shape index (κ1) is 29.7. The largest absolute Gasteiger partial charge is 0.311 e. The second-order valence-corrected chi connectivity index (χ2v) is 16.5. The number of benzene rings is 7. The number of rotatable bonds is 2. The van der Waals surface area contributed by atoms with Gasteiger partial charge in [0.05, 0.1) is 0 Å². The molecule has 0 amide bonds. The highest BCUT2D eigenvalue weighted by molar-refractivity contribution is 8.29. The third kappa shape index (κ3) is 4.18. The van der Waals surface area contributed by atoms with Gasteiger partial charge in [-0.3, -0.25) is 0 Å². The molecule has 0 radical (unpaired) electrons. The highest BCUT2D eigenvalue weighted by atomic mass is 32.2. The molecule has 6 heteroatoms. The predicted octanol–water partition coefficient (Wildman–Crippen LogP) is 9.94. The molecule has 7 aromatic rings. The Morgan fingerprint density at radius 3 is 1.29 bits per heavy atom. The quantitative estimate of drug-likeness (QED) is 0.167. The van der Waals surface area contributed by atoms with Gasteiger partial charge in [-0.25, -0.2) is 0 Å². The summed E-state index contributed by atoms with van der Waals surface area (Å²) in [5.41, 5.74) is 22.5. The molecule has 4 aliphatic rings. The Bertz CT molecular complexity index is 2430. The molecule has 0 aromatic heterocycles. The van der Waals surface area contributed by atoms with Gasteiger partial charge in [0.2, 0.25) is 0 Å². The van der Waals surface area contributed by atoms with Crippen LogP contribution in [-0.4, -0.2) is 12.0 Å². The standard InChI is InChI=1S/C45H32B2N2S2/c1-27-22-34-32-18-10-12-20-40(32)50-46-36-26-37-45(29(3)44(36)48(38(24-27)42(34)46)30-14-6-4-7-15-30)49(31-16-8-5-9-17-31)39-25-28(2)23-35-33-19-11-13-21-41(33)51-47(37)43(35)39/h4-26H,1-3H3. The fourth-order valence-electron chi connectivity index (χ4n) is 9.09. The van der Waals surface area contributed by atoms with E-state index in [1.807, 2.05) is 23.2 Å². The Hall–Kier alpha value is -5.03. The Morgan fingerprint density at radius 1 is 0.431 bits per heavy atom. The van der Waals surface area contributed by atoms with Gasteiger partial charge in [-0.15, -0.1) is 0 Å². The number of hydrogen-bond acceptors (Lipinski definition) is 4. The molecular formula is C45H32B2N2S2. The smallest absolute Gasteiger partial charge is 0.285 e. The Labute approximate surface area is 308 Å².